The Balaban J connectivity index is 2.04. The lowest BCUT2D eigenvalue weighted by atomic mass is 9.72. The van der Waals surface area contributed by atoms with E-state index in [9.17, 15) is 35.4 Å². The van der Waals surface area contributed by atoms with Gasteiger partial charge in [-0.3, -0.25) is 4.79 Å². The first-order chi connectivity index (χ1) is 9.32. The molecule has 0 saturated heterocycles. The van der Waals surface area contributed by atoms with E-state index in [2.05, 4.69) is 0 Å². The maximum Gasteiger partial charge on any atom is 0.141 e. The Labute approximate surface area is 116 Å². The predicted octanol–water partition coefficient (Wildman–Crippen LogP) is -2.46. The molecule has 2 aliphatic rings. The lowest BCUT2D eigenvalue weighted by molar-refractivity contribution is -0.155. The second-order valence-corrected chi connectivity index (χ2v) is 5.93. The molecule has 0 amide bonds. The van der Waals surface area contributed by atoms with Gasteiger partial charge in [0, 0.05) is 11.8 Å². The SMILES string of the molecule is O=C(C1CC(O)C(O)C(O)C1)C1CCC(O)C(O)C1O. The average molecular weight is 290 g/mol. The van der Waals surface area contributed by atoms with E-state index in [4.69, 9.17) is 0 Å². The summed E-state index contributed by atoms with van der Waals surface area (Å²) in [5, 5.41) is 57.6. The van der Waals surface area contributed by atoms with Gasteiger partial charge >= 0.3 is 0 Å². The van der Waals surface area contributed by atoms with Crippen molar-refractivity contribution in [2.75, 3.05) is 0 Å². The summed E-state index contributed by atoms with van der Waals surface area (Å²) < 4.78 is 0. The molecule has 0 aliphatic heterocycles. The minimum atomic E-state index is -1.36. The van der Waals surface area contributed by atoms with E-state index >= 15 is 0 Å². The zero-order valence-electron chi connectivity index (χ0n) is 11.0. The molecule has 116 valence electrons. The number of aliphatic hydroxyl groups excluding tert-OH is 6. The molecule has 0 heterocycles. The summed E-state index contributed by atoms with van der Waals surface area (Å²) in [4.78, 5) is 12.4. The van der Waals surface area contributed by atoms with E-state index in [0.717, 1.165) is 0 Å². The summed E-state index contributed by atoms with van der Waals surface area (Å²) in [5.74, 6) is -1.81. The lowest BCUT2D eigenvalue weighted by Crippen LogP contribution is -2.52. The third-order valence-corrected chi connectivity index (χ3v) is 4.54. The summed E-state index contributed by atoms with van der Waals surface area (Å²) >= 11 is 0. The van der Waals surface area contributed by atoms with E-state index in [1.807, 2.05) is 0 Å². The lowest BCUT2D eigenvalue weighted by Gasteiger charge is -2.39. The number of carbonyl (C=O) groups excluding carboxylic acids is 1. The fraction of sp³-hybridized carbons (Fsp3) is 0.923. The molecule has 6 N–H and O–H groups in total. The third kappa shape index (κ3) is 2.88. The highest BCUT2D eigenvalue weighted by atomic mass is 16.4. The molecule has 2 fully saturated rings. The van der Waals surface area contributed by atoms with Crippen LogP contribution in [0, 0.1) is 11.8 Å². The number of hydrogen-bond acceptors (Lipinski definition) is 7. The topological polar surface area (TPSA) is 138 Å². The third-order valence-electron chi connectivity index (χ3n) is 4.54. The largest absolute Gasteiger partial charge is 0.390 e. The molecule has 0 radical (unpaired) electrons. The highest BCUT2D eigenvalue weighted by Gasteiger charge is 2.45. The molecular weight excluding hydrogens is 268 g/mol. The normalized spacial score (nSPS) is 49.9. The van der Waals surface area contributed by atoms with Crippen molar-refractivity contribution in [1.82, 2.24) is 0 Å². The zero-order chi connectivity index (χ0) is 15.0. The molecule has 0 aromatic carbocycles. The van der Waals surface area contributed by atoms with Crippen molar-refractivity contribution in [1.29, 1.82) is 0 Å². The molecule has 7 heteroatoms. The quantitative estimate of drug-likeness (QED) is 0.331. The van der Waals surface area contributed by atoms with E-state index in [0.29, 0.717) is 0 Å². The van der Waals surface area contributed by atoms with Crippen LogP contribution in [0.3, 0.4) is 0 Å². The van der Waals surface area contributed by atoms with Crippen LogP contribution < -0.4 is 0 Å². The molecule has 7 nitrogen and oxygen atoms in total. The first kappa shape index (κ1) is 15.8. The summed E-state index contributed by atoms with van der Waals surface area (Å²) in [5.41, 5.74) is 0. The Morgan fingerprint density at radius 1 is 0.700 bits per heavy atom. The maximum atomic E-state index is 12.4. The molecule has 2 aliphatic carbocycles. The van der Waals surface area contributed by atoms with Crippen LogP contribution in [0.5, 0.6) is 0 Å². The Bertz CT molecular complexity index is 349. The maximum absolute atomic E-state index is 12.4. The number of hydrogen-bond donors (Lipinski definition) is 6. The Morgan fingerprint density at radius 3 is 1.80 bits per heavy atom. The van der Waals surface area contributed by atoms with E-state index < -0.39 is 48.5 Å². The second-order valence-electron chi connectivity index (χ2n) is 5.93. The van der Waals surface area contributed by atoms with Crippen molar-refractivity contribution >= 4 is 5.78 Å². The number of Topliss-reactive ketones (excluding diaryl/α,β-unsaturated/α-hetero) is 1. The van der Waals surface area contributed by atoms with Crippen LogP contribution >= 0.6 is 0 Å². The summed E-state index contributed by atoms with van der Waals surface area (Å²) in [7, 11) is 0. The van der Waals surface area contributed by atoms with Crippen LogP contribution in [-0.4, -0.2) is 73.0 Å². The van der Waals surface area contributed by atoms with Crippen molar-refractivity contribution in [3.63, 3.8) is 0 Å². The van der Waals surface area contributed by atoms with Gasteiger partial charge in [-0.05, 0) is 25.7 Å². The Hall–Kier alpha value is -0.570. The highest BCUT2D eigenvalue weighted by molar-refractivity contribution is 5.84. The first-order valence-corrected chi connectivity index (χ1v) is 6.95. The number of ketones is 1. The van der Waals surface area contributed by atoms with Gasteiger partial charge in [-0.1, -0.05) is 0 Å². The average Bonchev–Trinajstić information content (AvgIpc) is 2.41. The molecule has 20 heavy (non-hydrogen) atoms. The first-order valence-electron chi connectivity index (χ1n) is 6.95. The highest BCUT2D eigenvalue weighted by Crippen LogP contribution is 2.33. The van der Waals surface area contributed by atoms with Gasteiger partial charge < -0.3 is 30.6 Å². The van der Waals surface area contributed by atoms with Gasteiger partial charge in [-0.2, -0.15) is 0 Å². The Kier molecular flexibility index (Phi) is 4.78. The van der Waals surface area contributed by atoms with Crippen molar-refractivity contribution in [3.05, 3.63) is 0 Å². The Morgan fingerprint density at radius 2 is 1.25 bits per heavy atom. The number of rotatable bonds is 2. The van der Waals surface area contributed by atoms with Gasteiger partial charge in [-0.15, -0.1) is 0 Å². The van der Waals surface area contributed by atoms with E-state index in [-0.39, 0.29) is 31.5 Å². The van der Waals surface area contributed by atoms with Crippen molar-refractivity contribution in [3.8, 4) is 0 Å². The van der Waals surface area contributed by atoms with Crippen LogP contribution in [-0.2, 0) is 4.79 Å². The van der Waals surface area contributed by atoms with E-state index in [1.54, 1.807) is 0 Å². The van der Waals surface area contributed by atoms with Crippen LogP contribution in [0.15, 0.2) is 0 Å². The molecular formula is C13H22O7. The molecule has 0 spiro atoms. The summed E-state index contributed by atoms with van der Waals surface area (Å²) in [6, 6.07) is 0. The van der Waals surface area contributed by atoms with E-state index in [1.165, 1.54) is 0 Å². The molecule has 2 rings (SSSR count). The summed E-state index contributed by atoms with van der Waals surface area (Å²) in [6.07, 6.45) is -6.83. The van der Waals surface area contributed by atoms with Crippen LogP contribution in [0.25, 0.3) is 0 Å². The van der Waals surface area contributed by atoms with Gasteiger partial charge in [-0.25, -0.2) is 0 Å². The van der Waals surface area contributed by atoms with Gasteiger partial charge in [0.2, 0.25) is 0 Å². The minimum absolute atomic E-state index is 0.0267. The van der Waals surface area contributed by atoms with Crippen LogP contribution in [0.4, 0.5) is 0 Å². The monoisotopic (exact) mass is 290 g/mol. The zero-order valence-corrected chi connectivity index (χ0v) is 11.0. The number of aliphatic hydroxyl groups is 6. The number of carbonyl (C=O) groups is 1. The predicted molar refractivity (Wildman–Crippen MR) is 66.5 cm³/mol. The molecule has 0 bridgehead atoms. The van der Waals surface area contributed by atoms with Crippen molar-refractivity contribution in [2.24, 2.45) is 11.8 Å². The smallest absolute Gasteiger partial charge is 0.141 e. The fourth-order valence-electron chi connectivity index (χ4n) is 3.22. The molecule has 0 aromatic heterocycles. The van der Waals surface area contributed by atoms with Gasteiger partial charge in [0.25, 0.3) is 0 Å². The van der Waals surface area contributed by atoms with Gasteiger partial charge in [0.15, 0.2) is 0 Å². The molecule has 6 unspecified atom stereocenters. The summed E-state index contributed by atoms with van der Waals surface area (Å²) in [6.45, 7) is 0. The second kappa shape index (κ2) is 6.05. The van der Waals surface area contributed by atoms with Crippen LogP contribution in [0.2, 0.25) is 0 Å². The van der Waals surface area contributed by atoms with Crippen molar-refractivity contribution in [2.45, 2.75) is 62.3 Å². The minimum Gasteiger partial charge on any atom is -0.390 e. The van der Waals surface area contributed by atoms with Gasteiger partial charge in [0.05, 0.1) is 24.4 Å². The van der Waals surface area contributed by atoms with Crippen molar-refractivity contribution < 1.29 is 35.4 Å². The fourth-order valence-corrected chi connectivity index (χ4v) is 3.22. The van der Waals surface area contributed by atoms with Crippen LogP contribution in [0.1, 0.15) is 25.7 Å². The molecule has 2 saturated carbocycles. The van der Waals surface area contributed by atoms with Gasteiger partial charge in [0.1, 0.15) is 18.0 Å². The molecule has 6 atom stereocenters. The standard InChI is InChI=1S/C13H22O7/c14-7-2-1-6(11(18)13(7)20)10(17)5-3-8(15)12(19)9(16)4-5/h5-9,11-16,18-20H,1-4H2. The molecule has 0 aromatic rings.